The van der Waals surface area contributed by atoms with Crippen LogP contribution in [0.1, 0.15) is 0 Å². The van der Waals surface area contributed by atoms with Crippen molar-refractivity contribution < 1.29 is 13.0 Å². The summed E-state index contributed by atoms with van der Waals surface area (Å²) < 4.78 is 28.9. The lowest BCUT2D eigenvalue weighted by molar-refractivity contribution is 0.474. The van der Waals surface area contributed by atoms with Crippen molar-refractivity contribution in [2.75, 3.05) is 0 Å². The first kappa shape index (κ1) is 7.10. The molecule has 10 heavy (non-hydrogen) atoms. The Kier molecular flexibility index (Phi) is 1.64. The Morgan fingerprint density at radius 1 is 1.30 bits per heavy atom. The standard InChI is InChI=1S/C4H4N2O3S/c7-10(8,9)4-5-2-1-3-6-4/h1-3H,(H,7,8,9). The van der Waals surface area contributed by atoms with Crippen LogP contribution < -0.4 is 0 Å². The van der Waals surface area contributed by atoms with Gasteiger partial charge in [-0.3, -0.25) is 4.55 Å². The smallest absolute Gasteiger partial charge is 0.279 e. The highest BCUT2D eigenvalue weighted by molar-refractivity contribution is 7.85. The zero-order valence-corrected chi connectivity index (χ0v) is 5.61. The van der Waals surface area contributed by atoms with E-state index in [0.717, 1.165) is 0 Å². The summed E-state index contributed by atoms with van der Waals surface area (Å²) in [5.74, 6) is 0. The Hall–Kier alpha value is -1.01. The largest absolute Gasteiger partial charge is 0.330 e. The topological polar surface area (TPSA) is 80.2 Å². The second-order valence-electron chi connectivity index (χ2n) is 1.51. The molecule has 6 heteroatoms. The normalized spacial score (nSPS) is 11.3. The van der Waals surface area contributed by atoms with Crippen LogP contribution in [0.15, 0.2) is 23.6 Å². The molecule has 0 atom stereocenters. The average molecular weight is 160 g/mol. The van der Waals surface area contributed by atoms with Gasteiger partial charge in [0.05, 0.1) is 0 Å². The molecule has 0 aromatic carbocycles. The van der Waals surface area contributed by atoms with E-state index in [-0.39, 0.29) is 0 Å². The van der Waals surface area contributed by atoms with Crippen LogP contribution in [-0.2, 0) is 10.1 Å². The zero-order chi connectivity index (χ0) is 7.61. The van der Waals surface area contributed by atoms with Gasteiger partial charge >= 0.3 is 10.1 Å². The molecule has 1 aromatic heterocycles. The summed E-state index contributed by atoms with van der Waals surface area (Å²) in [5.41, 5.74) is 0. The van der Waals surface area contributed by atoms with Gasteiger partial charge in [0.1, 0.15) is 0 Å². The maximum absolute atomic E-state index is 10.3. The molecule has 0 fully saturated rings. The molecule has 0 saturated heterocycles. The monoisotopic (exact) mass is 160 g/mol. The highest BCUT2D eigenvalue weighted by Crippen LogP contribution is 1.95. The summed E-state index contributed by atoms with van der Waals surface area (Å²) >= 11 is 0. The molecule has 0 aliphatic heterocycles. The van der Waals surface area contributed by atoms with Crippen LogP contribution in [0.4, 0.5) is 0 Å². The summed E-state index contributed by atoms with van der Waals surface area (Å²) in [4.78, 5) is 6.60. The van der Waals surface area contributed by atoms with Crippen molar-refractivity contribution in [2.24, 2.45) is 0 Å². The van der Waals surface area contributed by atoms with E-state index in [4.69, 9.17) is 4.55 Å². The van der Waals surface area contributed by atoms with Gasteiger partial charge in [0.15, 0.2) is 0 Å². The van der Waals surface area contributed by atoms with E-state index in [0.29, 0.717) is 0 Å². The molecule has 54 valence electrons. The summed E-state index contributed by atoms with van der Waals surface area (Å²) in [7, 11) is -4.23. The first-order valence-corrected chi connectivity index (χ1v) is 3.79. The van der Waals surface area contributed by atoms with Crippen LogP contribution in [0.3, 0.4) is 0 Å². The molecule has 0 radical (unpaired) electrons. The number of aromatic nitrogens is 2. The molecule has 0 bridgehead atoms. The van der Waals surface area contributed by atoms with E-state index in [1.807, 2.05) is 0 Å². The third kappa shape index (κ3) is 1.49. The molecule has 1 heterocycles. The van der Waals surface area contributed by atoms with Crippen molar-refractivity contribution in [1.82, 2.24) is 9.97 Å². The fourth-order valence-electron chi connectivity index (χ4n) is 0.419. The minimum atomic E-state index is -4.23. The lowest BCUT2D eigenvalue weighted by atomic mass is 10.7. The second-order valence-corrected chi connectivity index (χ2v) is 2.82. The second kappa shape index (κ2) is 2.31. The number of rotatable bonds is 1. The van der Waals surface area contributed by atoms with E-state index < -0.39 is 15.3 Å². The molecule has 0 aliphatic carbocycles. The van der Waals surface area contributed by atoms with Gasteiger partial charge in [0, 0.05) is 12.4 Å². The van der Waals surface area contributed by atoms with Gasteiger partial charge in [-0.1, -0.05) is 0 Å². The molecular weight excluding hydrogens is 156 g/mol. The van der Waals surface area contributed by atoms with E-state index in [1.54, 1.807) is 0 Å². The van der Waals surface area contributed by atoms with Crippen molar-refractivity contribution in [2.45, 2.75) is 5.16 Å². The van der Waals surface area contributed by atoms with E-state index in [2.05, 4.69) is 9.97 Å². The lowest BCUT2D eigenvalue weighted by Gasteiger charge is -1.89. The van der Waals surface area contributed by atoms with Crippen molar-refractivity contribution in [3.8, 4) is 0 Å². The van der Waals surface area contributed by atoms with Gasteiger partial charge in [0.2, 0.25) is 0 Å². The van der Waals surface area contributed by atoms with Crippen LogP contribution in [0.25, 0.3) is 0 Å². The number of hydrogen-bond acceptors (Lipinski definition) is 4. The van der Waals surface area contributed by atoms with E-state index in [9.17, 15) is 8.42 Å². The Balaban J connectivity index is 3.22. The Morgan fingerprint density at radius 3 is 2.10 bits per heavy atom. The third-order valence-corrected chi connectivity index (χ3v) is 1.45. The van der Waals surface area contributed by atoms with Crippen molar-refractivity contribution >= 4 is 10.1 Å². The van der Waals surface area contributed by atoms with Crippen molar-refractivity contribution in [1.29, 1.82) is 0 Å². The van der Waals surface area contributed by atoms with Gasteiger partial charge in [-0.2, -0.15) is 8.42 Å². The molecular formula is C4H4N2O3S. The van der Waals surface area contributed by atoms with Gasteiger partial charge < -0.3 is 0 Å². The maximum Gasteiger partial charge on any atom is 0.330 e. The highest BCUT2D eigenvalue weighted by atomic mass is 32.2. The summed E-state index contributed by atoms with van der Waals surface area (Å²) in [6, 6.07) is 1.45. The Labute approximate surface area is 57.5 Å². The van der Waals surface area contributed by atoms with E-state index >= 15 is 0 Å². The quantitative estimate of drug-likeness (QED) is 0.451. The SMILES string of the molecule is O=S(=O)(O)c1ncccn1. The highest BCUT2D eigenvalue weighted by Gasteiger charge is 2.10. The van der Waals surface area contributed by atoms with Gasteiger partial charge in [-0.05, 0) is 6.07 Å². The summed E-state index contributed by atoms with van der Waals surface area (Å²) in [5, 5.41) is -0.574. The van der Waals surface area contributed by atoms with Crippen LogP contribution in [0, 0.1) is 0 Å². The fraction of sp³-hybridized carbons (Fsp3) is 0. The molecule has 0 unspecified atom stereocenters. The molecule has 1 aromatic rings. The molecule has 0 aliphatic rings. The predicted octanol–water partition coefficient (Wildman–Crippen LogP) is -0.277. The minimum Gasteiger partial charge on any atom is -0.279 e. The summed E-state index contributed by atoms with van der Waals surface area (Å²) in [6.45, 7) is 0. The first-order chi connectivity index (χ1) is 4.61. The zero-order valence-electron chi connectivity index (χ0n) is 4.80. The molecule has 0 spiro atoms. The molecule has 5 nitrogen and oxygen atoms in total. The molecule has 0 saturated carbocycles. The molecule has 1 rings (SSSR count). The Bertz CT molecular complexity index is 307. The van der Waals surface area contributed by atoms with Gasteiger partial charge in [-0.25, -0.2) is 9.97 Å². The van der Waals surface area contributed by atoms with E-state index in [1.165, 1.54) is 18.5 Å². The van der Waals surface area contributed by atoms with Gasteiger partial charge in [0.25, 0.3) is 5.16 Å². The maximum atomic E-state index is 10.3. The van der Waals surface area contributed by atoms with Crippen LogP contribution in [0.5, 0.6) is 0 Å². The minimum absolute atomic E-state index is 0.574. The van der Waals surface area contributed by atoms with Crippen LogP contribution in [0.2, 0.25) is 0 Å². The molecule has 0 amide bonds. The number of hydrogen-bond donors (Lipinski definition) is 1. The van der Waals surface area contributed by atoms with Crippen LogP contribution in [-0.4, -0.2) is 22.9 Å². The van der Waals surface area contributed by atoms with Gasteiger partial charge in [-0.15, -0.1) is 0 Å². The Morgan fingerprint density at radius 2 is 1.80 bits per heavy atom. The van der Waals surface area contributed by atoms with Crippen LogP contribution >= 0.6 is 0 Å². The fourth-order valence-corrected chi connectivity index (χ4v) is 0.807. The average Bonchev–Trinajstić information content (AvgIpc) is 1.88. The number of nitrogens with zero attached hydrogens (tertiary/aromatic N) is 2. The predicted molar refractivity (Wildman–Crippen MR) is 31.8 cm³/mol. The van der Waals surface area contributed by atoms with Crippen molar-refractivity contribution in [3.63, 3.8) is 0 Å². The summed E-state index contributed by atoms with van der Waals surface area (Å²) in [6.07, 6.45) is 2.46. The first-order valence-electron chi connectivity index (χ1n) is 2.35. The molecule has 1 N–H and O–H groups in total. The lowest BCUT2D eigenvalue weighted by Crippen LogP contribution is -2.02. The third-order valence-electron chi connectivity index (χ3n) is 0.773. The van der Waals surface area contributed by atoms with Crippen molar-refractivity contribution in [3.05, 3.63) is 18.5 Å².